The molecule has 0 fully saturated rings. The molecule has 0 saturated carbocycles. The van der Waals surface area contributed by atoms with Gasteiger partial charge in [0.05, 0.1) is 5.92 Å². The molecule has 6 heteroatoms. The van der Waals surface area contributed by atoms with Gasteiger partial charge in [-0.1, -0.05) is 19.0 Å². The van der Waals surface area contributed by atoms with E-state index in [1.165, 1.54) is 0 Å². The number of aryl methyl sites for hydroxylation is 1. The molecule has 0 radical (unpaired) electrons. The Bertz CT molecular complexity index is 518. The minimum Gasteiger partial charge on any atom is -0.339 e. The number of likely N-dealkylation sites (N-methyl/N-ethyl adjacent to an activating group) is 1. The Morgan fingerprint density at radius 2 is 1.95 bits per heavy atom. The summed E-state index contributed by atoms with van der Waals surface area (Å²) in [7, 11) is 1.94. The van der Waals surface area contributed by atoms with E-state index in [2.05, 4.69) is 39.3 Å². The molecule has 6 nitrogen and oxygen atoms in total. The molecule has 2 atom stereocenters. The van der Waals surface area contributed by atoms with E-state index in [0.29, 0.717) is 23.6 Å². The van der Waals surface area contributed by atoms with Crippen molar-refractivity contribution in [3.8, 4) is 11.6 Å². The van der Waals surface area contributed by atoms with Gasteiger partial charge < -0.3 is 9.84 Å². The van der Waals surface area contributed by atoms with Gasteiger partial charge in [0.15, 0.2) is 0 Å². The summed E-state index contributed by atoms with van der Waals surface area (Å²) in [4.78, 5) is 12.8. The number of rotatable bonds is 5. The van der Waals surface area contributed by atoms with Crippen LogP contribution in [0.25, 0.3) is 11.6 Å². The second-order valence-electron chi connectivity index (χ2n) is 4.63. The van der Waals surface area contributed by atoms with E-state index in [0.717, 1.165) is 12.0 Å². The normalized spacial score (nSPS) is 14.3. The second kappa shape index (κ2) is 5.88. The zero-order valence-electron chi connectivity index (χ0n) is 11.7. The summed E-state index contributed by atoms with van der Waals surface area (Å²) >= 11 is 0. The quantitative estimate of drug-likeness (QED) is 0.886. The number of nitrogens with one attached hydrogen (secondary N) is 1. The summed E-state index contributed by atoms with van der Waals surface area (Å²) in [6.45, 7) is 6.13. The molecule has 0 bridgehead atoms. The highest BCUT2D eigenvalue weighted by Gasteiger charge is 2.22. The lowest BCUT2D eigenvalue weighted by atomic mass is 10.00. The minimum absolute atomic E-state index is 0.154. The first-order valence-electron chi connectivity index (χ1n) is 6.45. The predicted octanol–water partition coefficient (Wildman–Crippen LogP) is 1.94. The highest BCUT2D eigenvalue weighted by atomic mass is 16.5. The van der Waals surface area contributed by atoms with E-state index in [1.54, 1.807) is 12.4 Å². The van der Waals surface area contributed by atoms with E-state index < -0.39 is 0 Å². The zero-order valence-corrected chi connectivity index (χ0v) is 11.7. The summed E-state index contributed by atoms with van der Waals surface area (Å²) in [6, 6.07) is 0.312. The SMILES string of the molecule is CCC(NC)C(C)c1nc(-c2ncc(C)cn2)no1. The summed E-state index contributed by atoms with van der Waals surface area (Å²) in [5, 5.41) is 7.20. The maximum absolute atomic E-state index is 5.31. The molecule has 19 heavy (non-hydrogen) atoms. The van der Waals surface area contributed by atoms with Gasteiger partial charge in [0, 0.05) is 18.4 Å². The molecular formula is C13H19N5O. The molecule has 2 aromatic rings. The number of aromatic nitrogens is 4. The number of hydrogen-bond donors (Lipinski definition) is 1. The van der Waals surface area contributed by atoms with Crippen molar-refractivity contribution in [2.45, 2.75) is 39.2 Å². The zero-order chi connectivity index (χ0) is 13.8. The van der Waals surface area contributed by atoms with Crippen molar-refractivity contribution in [2.75, 3.05) is 7.05 Å². The molecule has 1 N–H and O–H groups in total. The fourth-order valence-corrected chi connectivity index (χ4v) is 2.00. The number of hydrogen-bond acceptors (Lipinski definition) is 6. The third-order valence-corrected chi connectivity index (χ3v) is 3.23. The van der Waals surface area contributed by atoms with Crippen LogP contribution in [0, 0.1) is 6.92 Å². The van der Waals surface area contributed by atoms with Crippen LogP contribution in [0.15, 0.2) is 16.9 Å². The molecule has 0 aliphatic carbocycles. The first-order chi connectivity index (χ1) is 9.15. The van der Waals surface area contributed by atoms with Gasteiger partial charge in [-0.15, -0.1) is 0 Å². The van der Waals surface area contributed by atoms with Crippen LogP contribution in [-0.2, 0) is 0 Å². The Kier molecular flexibility index (Phi) is 4.21. The summed E-state index contributed by atoms with van der Waals surface area (Å²) in [5.74, 6) is 1.69. The molecule has 0 spiro atoms. The molecule has 2 rings (SSSR count). The maximum Gasteiger partial charge on any atom is 0.240 e. The van der Waals surface area contributed by atoms with Crippen LogP contribution >= 0.6 is 0 Å². The van der Waals surface area contributed by atoms with Crippen molar-refractivity contribution in [3.63, 3.8) is 0 Å². The standard InChI is InChI=1S/C13H19N5O/c1-5-10(14-4)9(3)13-17-12(18-19-13)11-15-6-8(2)7-16-11/h6-7,9-10,14H,5H2,1-4H3. The summed E-state index contributed by atoms with van der Waals surface area (Å²) < 4.78 is 5.31. The minimum atomic E-state index is 0.154. The van der Waals surface area contributed by atoms with E-state index in [4.69, 9.17) is 4.52 Å². The van der Waals surface area contributed by atoms with E-state index in [9.17, 15) is 0 Å². The van der Waals surface area contributed by atoms with Crippen LogP contribution < -0.4 is 5.32 Å². The molecule has 2 aromatic heterocycles. The van der Waals surface area contributed by atoms with Crippen molar-refractivity contribution in [1.82, 2.24) is 25.4 Å². The lowest BCUT2D eigenvalue weighted by molar-refractivity contribution is 0.326. The van der Waals surface area contributed by atoms with Crippen LogP contribution in [0.3, 0.4) is 0 Å². The third-order valence-electron chi connectivity index (χ3n) is 3.23. The van der Waals surface area contributed by atoms with E-state index >= 15 is 0 Å². The van der Waals surface area contributed by atoms with Gasteiger partial charge >= 0.3 is 0 Å². The number of nitrogens with zero attached hydrogens (tertiary/aromatic N) is 4. The summed E-state index contributed by atoms with van der Waals surface area (Å²) in [5.41, 5.74) is 1.00. The van der Waals surface area contributed by atoms with Crippen LogP contribution in [0.5, 0.6) is 0 Å². The second-order valence-corrected chi connectivity index (χ2v) is 4.63. The first kappa shape index (κ1) is 13.6. The molecule has 0 aromatic carbocycles. The predicted molar refractivity (Wildman–Crippen MR) is 71.6 cm³/mol. The molecule has 0 aliphatic rings. The Labute approximate surface area is 112 Å². The molecular weight excluding hydrogens is 242 g/mol. The lowest BCUT2D eigenvalue weighted by Gasteiger charge is -2.18. The van der Waals surface area contributed by atoms with Crippen molar-refractivity contribution in [3.05, 3.63) is 23.8 Å². The average Bonchev–Trinajstić information content (AvgIpc) is 2.90. The van der Waals surface area contributed by atoms with Gasteiger partial charge in [0.25, 0.3) is 0 Å². The Morgan fingerprint density at radius 1 is 1.26 bits per heavy atom. The van der Waals surface area contributed by atoms with Gasteiger partial charge in [-0.3, -0.25) is 0 Å². The summed E-state index contributed by atoms with van der Waals surface area (Å²) in [6.07, 6.45) is 4.48. The molecule has 0 saturated heterocycles. The monoisotopic (exact) mass is 261 g/mol. The van der Waals surface area contributed by atoms with Gasteiger partial charge in [-0.05, 0) is 26.0 Å². The van der Waals surface area contributed by atoms with Crippen molar-refractivity contribution < 1.29 is 4.52 Å². The molecule has 102 valence electrons. The fourth-order valence-electron chi connectivity index (χ4n) is 2.00. The topological polar surface area (TPSA) is 76.7 Å². The smallest absolute Gasteiger partial charge is 0.240 e. The van der Waals surface area contributed by atoms with E-state index in [1.807, 2.05) is 14.0 Å². The molecule has 2 unspecified atom stereocenters. The average molecular weight is 261 g/mol. The Hall–Kier alpha value is -1.82. The highest BCUT2D eigenvalue weighted by molar-refractivity contribution is 5.41. The van der Waals surface area contributed by atoms with E-state index in [-0.39, 0.29) is 5.92 Å². The molecule has 0 aliphatic heterocycles. The third kappa shape index (κ3) is 2.96. The Balaban J connectivity index is 2.21. The lowest BCUT2D eigenvalue weighted by Crippen LogP contribution is -2.30. The van der Waals surface area contributed by atoms with Gasteiger partial charge in [-0.2, -0.15) is 4.98 Å². The maximum atomic E-state index is 5.31. The highest BCUT2D eigenvalue weighted by Crippen LogP contribution is 2.21. The van der Waals surface area contributed by atoms with Crippen LogP contribution in [0.4, 0.5) is 0 Å². The van der Waals surface area contributed by atoms with Crippen LogP contribution in [-0.4, -0.2) is 33.2 Å². The van der Waals surface area contributed by atoms with Crippen molar-refractivity contribution >= 4 is 0 Å². The fraction of sp³-hybridized carbons (Fsp3) is 0.538. The molecule has 2 heterocycles. The van der Waals surface area contributed by atoms with Gasteiger partial charge in [-0.25, -0.2) is 9.97 Å². The van der Waals surface area contributed by atoms with Gasteiger partial charge in [0.2, 0.25) is 17.5 Å². The molecule has 0 amide bonds. The van der Waals surface area contributed by atoms with Crippen molar-refractivity contribution in [2.24, 2.45) is 0 Å². The first-order valence-corrected chi connectivity index (χ1v) is 6.45. The van der Waals surface area contributed by atoms with Gasteiger partial charge in [0.1, 0.15) is 0 Å². The van der Waals surface area contributed by atoms with Crippen molar-refractivity contribution in [1.29, 1.82) is 0 Å². The van der Waals surface area contributed by atoms with Crippen LogP contribution in [0.1, 0.15) is 37.6 Å². The van der Waals surface area contributed by atoms with Crippen LogP contribution in [0.2, 0.25) is 0 Å². The largest absolute Gasteiger partial charge is 0.339 e. The Morgan fingerprint density at radius 3 is 2.53 bits per heavy atom.